The maximum atomic E-state index is 14.7. The van der Waals surface area contributed by atoms with Gasteiger partial charge in [0.15, 0.2) is 5.82 Å². The first-order valence-electron chi connectivity index (χ1n) is 11.4. The van der Waals surface area contributed by atoms with Gasteiger partial charge in [0.05, 0.1) is 52.5 Å². The van der Waals surface area contributed by atoms with Crippen LogP contribution in [-0.2, 0) is 11.3 Å². The highest BCUT2D eigenvalue weighted by atomic mass is 19.1. The Morgan fingerprint density at radius 3 is 2.68 bits per heavy atom. The van der Waals surface area contributed by atoms with Gasteiger partial charge in [-0.3, -0.25) is 4.79 Å². The van der Waals surface area contributed by atoms with E-state index in [1.807, 2.05) is 26.0 Å². The smallest absolute Gasteiger partial charge is 0.255 e. The first-order valence-corrected chi connectivity index (χ1v) is 11.4. The van der Waals surface area contributed by atoms with Crippen LogP contribution in [0, 0.1) is 17.1 Å². The molecule has 0 saturated carbocycles. The number of piperidine rings is 1. The molecule has 34 heavy (non-hydrogen) atoms. The number of halogens is 1. The van der Waals surface area contributed by atoms with Gasteiger partial charge in [0.1, 0.15) is 5.82 Å². The zero-order valence-electron chi connectivity index (χ0n) is 19.5. The van der Waals surface area contributed by atoms with Gasteiger partial charge in [-0.2, -0.15) is 10.4 Å². The number of nitrogens with one attached hydrogen (secondary N) is 1. The van der Waals surface area contributed by atoms with Crippen LogP contribution >= 0.6 is 0 Å². The van der Waals surface area contributed by atoms with Crippen molar-refractivity contribution < 1.29 is 13.9 Å². The highest BCUT2D eigenvalue weighted by molar-refractivity contribution is 6.01. The number of amides is 1. The molecule has 2 aromatic heterocycles. The summed E-state index contributed by atoms with van der Waals surface area (Å²) < 4.78 is 21.7. The molecule has 0 atom stereocenters. The number of anilines is 1. The predicted molar refractivity (Wildman–Crippen MR) is 126 cm³/mol. The fourth-order valence-electron chi connectivity index (χ4n) is 4.33. The lowest BCUT2D eigenvalue weighted by atomic mass is 10.0. The molecule has 4 heterocycles. The third kappa shape index (κ3) is 4.24. The molecule has 176 valence electrons. The van der Waals surface area contributed by atoms with Gasteiger partial charge >= 0.3 is 0 Å². The van der Waals surface area contributed by atoms with Crippen molar-refractivity contribution in [2.45, 2.75) is 39.3 Å². The molecule has 0 aliphatic carbocycles. The molecule has 0 unspecified atom stereocenters. The van der Waals surface area contributed by atoms with E-state index in [2.05, 4.69) is 15.2 Å². The van der Waals surface area contributed by atoms with Crippen LogP contribution in [0.25, 0.3) is 16.9 Å². The Labute approximate surface area is 198 Å². The van der Waals surface area contributed by atoms with Crippen LogP contribution in [0.1, 0.15) is 48.3 Å². The van der Waals surface area contributed by atoms with Crippen LogP contribution in [0.15, 0.2) is 36.5 Å². The number of hydrogen-bond donors (Lipinski definition) is 1. The molecule has 3 aromatic rings. The van der Waals surface area contributed by atoms with Gasteiger partial charge in [0, 0.05) is 32.5 Å². The zero-order chi connectivity index (χ0) is 24.2. The third-order valence-electron chi connectivity index (χ3n) is 6.03. The van der Waals surface area contributed by atoms with Gasteiger partial charge in [-0.25, -0.2) is 14.1 Å². The highest BCUT2D eigenvalue weighted by Gasteiger charge is 2.28. The van der Waals surface area contributed by atoms with Gasteiger partial charge < -0.3 is 15.0 Å². The minimum atomic E-state index is -0.540. The molecule has 0 bridgehead atoms. The number of nitriles is 1. The number of aromatic nitrogens is 3. The number of fused-ring (bicyclic) bond motifs is 1. The van der Waals surface area contributed by atoms with Crippen LogP contribution in [-0.4, -0.2) is 47.0 Å². The largest absolute Gasteiger partial charge is 0.381 e. The molecule has 0 spiro atoms. The van der Waals surface area contributed by atoms with Crippen LogP contribution in [0.2, 0.25) is 0 Å². The van der Waals surface area contributed by atoms with Gasteiger partial charge in [-0.15, -0.1) is 0 Å². The van der Waals surface area contributed by atoms with Crippen LogP contribution < -0.4 is 10.2 Å². The van der Waals surface area contributed by atoms with Crippen molar-refractivity contribution in [1.82, 2.24) is 20.1 Å². The zero-order valence-corrected chi connectivity index (χ0v) is 19.5. The summed E-state index contributed by atoms with van der Waals surface area (Å²) in [6.45, 7) is 5.90. The predicted octanol–water partition coefficient (Wildman–Crippen LogP) is 3.83. The molecule has 0 radical (unpaired) electrons. The molecule has 5 rings (SSSR count). The number of pyridine rings is 1. The summed E-state index contributed by atoms with van der Waals surface area (Å²) >= 11 is 0. The number of ether oxygens (including phenoxy) is 1. The topological polar surface area (TPSA) is 96.1 Å². The van der Waals surface area contributed by atoms with Crippen LogP contribution in [0.4, 0.5) is 10.2 Å². The van der Waals surface area contributed by atoms with E-state index < -0.39 is 5.82 Å². The molecular formula is C25H27FN6O2. The molecule has 8 nitrogen and oxygen atoms in total. The Morgan fingerprint density at radius 2 is 1.97 bits per heavy atom. The monoisotopic (exact) mass is 462 g/mol. The van der Waals surface area contributed by atoms with Gasteiger partial charge in [-0.05, 0) is 31.0 Å². The van der Waals surface area contributed by atoms with Crippen molar-refractivity contribution in [1.29, 1.82) is 5.26 Å². The highest BCUT2D eigenvalue weighted by Crippen LogP contribution is 2.32. The maximum Gasteiger partial charge on any atom is 0.255 e. The summed E-state index contributed by atoms with van der Waals surface area (Å²) in [6.07, 6.45) is 3.89. The van der Waals surface area contributed by atoms with Crippen molar-refractivity contribution in [3.05, 3.63) is 59.2 Å². The SMILES string of the molecule is CC.COC1CCN(c2ccn(-c3cc(-c4c(F)cccc4C#N)nc4c3C(=O)NC4)n2)CC1. The van der Waals surface area contributed by atoms with E-state index in [1.165, 1.54) is 12.1 Å². The van der Waals surface area contributed by atoms with E-state index in [4.69, 9.17) is 9.84 Å². The Morgan fingerprint density at radius 1 is 1.21 bits per heavy atom. The lowest BCUT2D eigenvalue weighted by molar-refractivity contribution is 0.0818. The van der Waals surface area contributed by atoms with E-state index >= 15 is 0 Å². The van der Waals surface area contributed by atoms with Crippen molar-refractivity contribution in [3.63, 3.8) is 0 Å². The molecule has 1 N–H and O–H groups in total. The van der Waals surface area contributed by atoms with E-state index in [1.54, 1.807) is 30.1 Å². The summed E-state index contributed by atoms with van der Waals surface area (Å²) in [5, 5.41) is 16.9. The number of hydrogen-bond acceptors (Lipinski definition) is 6. The Hall–Kier alpha value is -3.77. The van der Waals surface area contributed by atoms with Gasteiger partial charge in [-0.1, -0.05) is 19.9 Å². The van der Waals surface area contributed by atoms with E-state index in [-0.39, 0.29) is 29.7 Å². The summed E-state index contributed by atoms with van der Waals surface area (Å²) in [6, 6.07) is 9.88. The molecule has 1 amide bonds. The van der Waals surface area contributed by atoms with Crippen molar-refractivity contribution >= 4 is 11.7 Å². The average Bonchev–Trinajstić information content (AvgIpc) is 3.52. The van der Waals surface area contributed by atoms with Gasteiger partial charge in [0.2, 0.25) is 0 Å². The summed E-state index contributed by atoms with van der Waals surface area (Å²) in [5.41, 5.74) is 2.02. The first kappa shape index (κ1) is 23.4. The molecule has 9 heteroatoms. The van der Waals surface area contributed by atoms with E-state index in [0.29, 0.717) is 22.6 Å². The third-order valence-corrected chi connectivity index (χ3v) is 6.03. The number of rotatable bonds is 4. The molecular weight excluding hydrogens is 435 g/mol. The minimum absolute atomic E-state index is 0.118. The molecule has 1 aromatic carbocycles. The summed E-state index contributed by atoms with van der Waals surface area (Å²) in [4.78, 5) is 19.2. The number of carbonyl (C=O) groups excluding carboxylic acids is 1. The van der Waals surface area contributed by atoms with E-state index in [9.17, 15) is 14.4 Å². The van der Waals surface area contributed by atoms with Crippen molar-refractivity contribution in [3.8, 4) is 23.0 Å². The number of methoxy groups -OCH3 is 1. The quantitative estimate of drug-likeness (QED) is 0.633. The number of nitrogens with zero attached hydrogens (tertiary/aromatic N) is 5. The number of carbonyl (C=O) groups is 1. The molecule has 1 saturated heterocycles. The second-order valence-electron chi connectivity index (χ2n) is 7.85. The van der Waals surface area contributed by atoms with Crippen LogP contribution in [0.3, 0.4) is 0 Å². The second kappa shape index (κ2) is 10.0. The maximum absolute atomic E-state index is 14.7. The van der Waals surface area contributed by atoms with Crippen molar-refractivity contribution in [2.24, 2.45) is 0 Å². The fourth-order valence-corrected chi connectivity index (χ4v) is 4.33. The van der Waals surface area contributed by atoms with E-state index in [0.717, 1.165) is 31.7 Å². The lowest BCUT2D eigenvalue weighted by Gasteiger charge is -2.31. The molecule has 2 aliphatic rings. The minimum Gasteiger partial charge on any atom is -0.381 e. The molecule has 2 aliphatic heterocycles. The lowest BCUT2D eigenvalue weighted by Crippen LogP contribution is -2.36. The van der Waals surface area contributed by atoms with Crippen molar-refractivity contribution in [2.75, 3.05) is 25.1 Å². The summed E-state index contributed by atoms with van der Waals surface area (Å²) in [5.74, 6) is 0.0108. The molecule has 1 fully saturated rings. The Bertz CT molecular complexity index is 1240. The Kier molecular flexibility index (Phi) is 6.89. The first-order chi connectivity index (χ1) is 16.6. The van der Waals surface area contributed by atoms with Crippen LogP contribution in [0.5, 0.6) is 0 Å². The van der Waals surface area contributed by atoms with Gasteiger partial charge in [0.25, 0.3) is 5.91 Å². The fraction of sp³-hybridized carbons (Fsp3) is 0.360. The average molecular weight is 463 g/mol. The summed E-state index contributed by atoms with van der Waals surface area (Å²) in [7, 11) is 1.73. The second-order valence-corrected chi connectivity index (χ2v) is 7.85. The normalized spacial score (nSPS) is 15.3. The standard InChI is InChI=1S/C23H21FN6O2.C2H6/c1-32-15-5-8-29(9-6-15)20-7-10-30(28-20)19-11-17(27-18-13-26-23(31)22(18)19)21-14(12-25)3-2-4-16(21)24;1-2/h2-4,7,10-11,15H,5-6,8-9,13H2,1H3,(H,26,31);1-2H3. The Balaban J connectivity index is 0.00000133. The number of benzene rings is 1.